The summed E-state index contributed by atoms with van der Waals surface area (Å²) in [5, 5.41) is 14.5. The summed E-state index contributed by atoms with van der Waals surface area (Å²) in [4.78, 5) is 10.6. The van der Waals surface area contributed by atoms with Gasteiger partial charge in [0.15, 0.2) is 4.90 Å². The number of nitrogens with zero attached hydrogens (tertiary/aromatic N) is 2. The van der Waals surface area contributed by atoms with Crippen LogP contribution in [0, 0.1) is 29.9 Å². The van der Waals surface area contributed by atoms with Crippen LogP contribution in [0.5, 0.6) is 0 Å². The Kier molecular flexibility index (Phi) is 5.38. The van der Waals surface area contributed by atoms with Crippen molar-refractivity contribution in [3.05, 3.63) is 33.4 Å². The number of hydrogen-bond donors (Lipinski definition) is 1. The Morgan fingerprint density at radius 1 is 1.26 bits per heavy atom. The van der Waals surface area contributed by atoms with Crippen molar-refractivity contribution in [3.63, 3.8) is 0 Å². The molecular formula is C15H23N3O4S. The second kappa shape index (κ2) is 6.94. The Bertz CT molecular complexity index is 695. The Hall–Kier alpha value is -1.51. The standard InChI is InChI=1S/C15H23N3O4S/c1-11-4-5-12(2)15(14(11)18(19)20)23(21,22)17-8-6-13(7-9-17)10-16-3/h4-5,13,16H,6-10H2,1-3H3. The van der Waals surface area contributed by atoms with Crippen LogP contribution in [0.3, 0.4) is 0 Å². The fraction of sp³-hybridized carbons (Fsp3) is 0.600. The summed E-state index contributed by atoms with van der Waals surface area (Å²) < 4.78 is 27.3. The average Bonchev–Trinajstić information content (AvgIpc) is 2.49. The predicted octanol–water partition coefficient (Wildman–Crippen LogP) is 1.83. The van der Waals surface area contributed by atoms with Gasteiger partial charge in [-0.3, -0.25) is 10.1 Å². The van der Waals surface area contributed by atoms with Gasteiger partial charge in [0.1, 0.15) is 0 Å². The highest BCUT2D eigenvalue weighted by Crippen LogP contribution is 2.34. The molecule has 1 heterocycles. The monoisotopic (exact) mass is 341 g/mol. The van der Waals surface area contributed by atoms with E-state index in [9.17, 15) is 18.5 Å². The number of aryl methyl sites for hydroxylation is 2. The van der Waals surface area contributed by atoms with Gasteiger partial charge in [0.25, 0.3) is 5.69 Å². The molecule has 0 amide bonds. The van der Waals surface area contributed by atoms with E-state index in [4.69, 9.17) is 0 Å². The lowest BCUT2D eigenvalue weighted by molar-refractivity contribution is -0.388. The number of hydrogen-bond acceptors (Lipinski definition) is 5. The van der Waals surface area contributed by atoms with Gasteiger partial charge in [-0.25, -0.2) is 8.42 Å². The molecule has 0 aromatic heterocycles. The third-order valence-corrected chi connectivity index (χ3v) is 6.45. The molecule has 1 aliphatic rings. The minimum absolute atomic E-state index is 0.158. The minimum Gasteiger partial charge on any atom is -0.319 e. The molecular weight excluding hydrogens is 318 g/mol. The highest BCUT2D eigenvalue weighted by Gasteiger charge is 2.36. The van der Waals surface area contributed by atoms with Crippen LogP contribution in [0.2, 0.25) is 0 Å². The zero-order valence-corrected chi connectivity index (χ0v) is 14.5. The molecule has 1 aromatic carbocycles. The lowest BCUT2D eigenvalue weighted by Crippen LogP contribution is -2.40. The quantitative estimate of drug-likeness (QED) is 0.651. The van der Waals surface area contributed by atoms with Crippen molar-refractivity contribution >= 4 is 15.7 Å². The van der Waals surface area contributed by atoms with E-state index in [-0.39, 0.29) is 10.6 Å². The first-order valence-corrected chi connectivity index (χ1v) is 9.12. The number of benzene rings is 1. The summed E-state index contributed by atoms with van der Waals surface area (Å²) in [5.74, 6) is 0.444. The first-order valence-electron chi connectivity index (χ1n) is 7.68. The van der Waals surface area contributed by atoms with Crippen molar-refractivity contribution < 1.29 is 13.3 Å². The van der Waals surface area contributed by atoms with Gasteiger partial charge in [0.2, 0.25) is 10.0 Å². The molecule has 7 nitrogen and oxygen atoms in total. The third kappa shape index (κ3) is 3.54. The topological polar surface area (TPSA) is 92.6 Å². The summed E-state index contributed by atoms with van der Waals surface area (Å²) in [7, 11) is -1.98. The molecule has 1 aromatic rings. The Labute approximate surface area is 136 Å². The van der Waals surface area contributed by atoms with E-state index in [0.717, 1.165) is 19.4 Å². The Morgan fingerprint density at radius 3 is 2.35 bits per heavy atom. The zero-order chi connectivity index (χ0) is 17.2. The molecule has 1 fully saturated rings. The van der Waals surface area contributed by atoms with Crippen LogP contribution >= 0.6 is 0 Å². The highest BCUT2D eigenvalue weighted by molar-refractivity contribution is 7.89. The summed E-state index contributed by atoms with van der Waals surface area (Å²) >= 11 is 0. The van der Waals surface area contributed by atoms with E-state index in [0.29, 0.717) is 30.1 Å². The van der Waals surface area contributed by atoms with E-state index in [1.165, 1.54) is 4.31 Å². The highest BCUT2D eigenvalue weighted by atomic mass is 32.2. The van der Waals surface area contributed by atoms with Crippen LogP contribution < -0.4 is 5.32 Å². The fourth-order valence-electron chi connectivity index (χ4n) is 3.09. The van der Waals surface area contributed by atoms with Gasteiger partial charge in [-0.2, -0.15) is 4.31 Å². The number of nitrogens with one attached hydrogen (secondary N) is 1. The predicted molar refractivity (Wildman–Crippen MR) is 88.0 cm³/mol. The van der Waals surface area contributed by atoms with Crippen molar-refractivity contribution in [1.29, 1.82) is 0 Å². The molecule has 1 saturated heterocycles. The van der Waals surface area contributed by atoms with Crippen LogP contribution in [0.4, 0.5) is 5.69 Å². The fourth-order valence-corrected chi connectivity index (χ4v) is 5.00. The normalized spacial score (nSPS) is 17.3. The minimum atomic E-state index is -3.86. The number of rotatable bonds is 5. The second-order valence-electron chi connectivity index (χ2n) is 6.04. The van der Waals surface area contributed by atoms with Gasteiger partial charge in [0, 0.05) is 18.7 Å². The largest absolute Gasteiger partial charge is 0.319 e. The summed E-state index contributed by atoms with van der Waals surface area (Å²) in [6.45, 7) is 4.83. The SMILES string of the molecule is CNCC1CCN(S(=O)(=O)c2c(C)ccc(C)c2[N+](=O)[O-])CC1. The van der Waals surface area contributed by atoms with Crippen LogP contribution in [0.25, 0.3) is 0 Å². The van der Waals surface area contributed by atoms with Crippen LogP contribution in [-0.4, -0.2) is 44.3 Å². The van der Waals surface area contributed by atoms with E-state index >= 15 is 0 Å². The number of nitro groups is 1. The lowest BCUT2D eigenvalue weighted by atomic mass is 9.98. The van der Waals surface area contributed by atoms with Crippen LogP contribution in [0.1, 0.15) is 24.0 Å². The first kappa shape index (κ1) is 17.8. The Morgan fingerprint density at radius 2 is 1.83 bits per heavy atom. The molecule has 0 bridgehead atoms. The maximum Gasteiger partial charge on any atom is 0.292 e. The van der Waals surface area contributed by atoms with Crippen LogP contribution in [-0.2, 0) is 10.0 Å². The molecule has 0 atom stereocenters. The molecule has 128 valence electrons. The molecule has 2 rings (SSSR count). The van der Waals surface area contributed by atoms with Crippen molar-refractivity contribution in [2.75, 3.05) is 26.7 Å². The summed E-state index contributed by atoms with van der Waals surface area (Å²) in [6, 6.07) is 3.22. The number of sulfonamides is 1. The second-order valence-corrected chi connectivity index (χ2v) is 7.91. The molecule has 0 unspecified atom stereocenters. The molecule has 0 saturated carbocycles. The number of piperidine rings is 1. The van der Waals surface area contributed by atoms with Gasteiger partial charge in [-0.1, -0.05) is 12.1 Å². The van der Waals surface area contributed by atoms with Crippen molar-refractivity contribution in [2.24, 2.45) is 5.92 Å². The van der Waals surface area contributed by atoms with Gasteiger partial charge in [0.05, 0.1) is 4.92 Å². The molecule has 0 radical (unpaired) electrons. The molecule has 1 N–H and O–H groups in total. The average molecular weight is 341 g/mol. The van der Waals surface area contributed by atoms with E-state index in [1.807, 2.05) is 7.05 Å². The molecule has 0 aliphatic carbocycles. The van der Waals surface area contributed by atoms with Crippen LogP contribution in [0.15, 0.2) is 17.0 Å². The lowest BCUT2D eigenvalue weighted by Gasteiger charge is -2.31. The Balaban J connectivity index is 2.38. The van der Waals surface area contributed by atoms with Gasteiger partial charge < -0.3 is 5.32 Å². The maximum absolute atomic E-state index is 13.0. The van der Waals surface area contributed by atoms with Gasteiger partial charge >= 0.3 is 0 Å². The smallest absolute Gasteiger partial charge is 0.292 e. The molecule has 0 spiro atoms. The van der Waals surface area contributed by atoms with Crippen molar-refractivity contribution in [2.45, 2.75) is 31.6 Å². The van der Waals surface area contributed by atoms with E-state index in [2.05, 4.69) is 5.32 Å². The maximum atomic E-state index is 13.0. The van der Waals surface area contributed by atoms with Crippen molar-refractivity contribution in [3.8, 4) is 0 Å². The third-order valence-electron chi connectivity index (χ3n) is 4.38. The molecule has 8 heteroatoms. The summed E-state index contributed by atoms with van der Waals surface area (Å²) in [6.07, 6.45) is 1.53. The molecule has 23 heavy (non-hydrogen) atoms. The zero-order valence-electron chi connectivity index (χ0n) is 13.7. The van der Waals surface area contributed by atoms with Gasteiger partial charge in [-0.15, -0.1) is 0 Å². The summed E-state index contributed by atoms with van der Waals surface area (Å²) in [5.41, 5.74) is 0.478. The van der Waals surface area contributed by atoms with E-state index in [1.54, 1.807) is 26.0 Å². The van der Waals surface area contributed by atoms with Gasteiger partial charge in [-0.05, 0) is 51.8 Å². The number of nitro benzene ring substituents is 1. The first-order chi connectivity index (χ1) is 10.8. The van der Waals surface area contributed by atoms with Crippen molar-refractivity contribution in [1.82, 2.24) is 9.62 Å². The molecule has 1 aliphatic heterocycles. The van der Waals surface area contributed by atoms with E-state index < -0.39 is 14.9 Å².